The molecule has 3 heteroatoms. The third-order valence-corrected chi connectivity index (χ3v) is 2.84. The fraction of sp³-hybridized carbons (Fsp3) is 0.333. The summed E-state index contributed by atoms with van der Waals surface area (Å²) in [4.78, 5) is 0. The van der Waals surface area contributed by atoms with Crippen molar-refractivity contribution in [1.82, 2.24) is 0 Å². The minimum Gasteiger partial charge on any atom is -0.493 e. The Labute approximate surface area is 79.8 Å². The van der Waals surface area contributed by atoms with Crippen molar-refractivity contribution in [2.75, 3.05) is 13.2 Å². The molecule has 0 aliphatic carbocycles. The Balaban J connectivity index is 2.48. The summed E-state index contributed by atoms with van der Waals surface area (Å²) in [5.74, 6) is 1.33. The van der Waals surface area contributed by atoms with E-state index in [1.807, 2.05) is 18.2 Å². The van der Waals surface area contributed by atoms with Crippen LogP contribution in [0, 0.1) is 0 Å². The first kappa shape index (κ1) is 8.08. The van der Waals surface area contributed by atoms with Crippen LogP contribution in [0.3, 0.4) is 0 Å². The van der Waals surface area contributed by atoms with E-state index in [1.165, 1.54) is 5.56 Å². The van der Waals surface area contributed by atoms with Gasteiger partial charge in [-0.15, -0.1) is 0 Å². The lowest BCUT2D eigenvalue weighted by atomic mass is 10.0. The SMILES string of the molecule is NCC1COc2cccc(Br)c21. The average molecular weight is 228 g/mol. The second kappa shape index (κ2) is 3.07. The summed E-state index contributed by atoms with van der Waals surface area (Å²) >= 11 is 3.49. The Hall–Kier alpha value is -0.540. The van der Waals surface area contributed by atoms with Gasteiger partial charge in [0, 0.05) is 22.5 Å². The number of ether oxygens (including phenoxy) is 1. The van der Waals surface area contributed by atoms with Crippen LogP contribution >= 0.6 is 15.9 Å². The normalized spacial score (nSPS) is 20.3. The highest BCUT2D eigenvalue weighted by Crippen LogP contribution is 2.38. The summed E-state index contributed by atoms with van der Waals surface area (Å²) in [6.07, 6.45) is 0. The number of nitrogens with two attached hydrogens (primary N) is 1. The molecule has 1 aromatic rings. The summed E-state index contributed by atoms with van der Waals surface area (Å²) in [5.41, 5.74) is 6.84. The van der Waals surface area contributed by atoms with Gasteiger partial charge < -0.3 is 10.5 Å². The number of hydrogen-bond donors (Lipinski definition) is 1. The maximum absolute atomic E-state index is 5.62. The van der Waals surface area contributed by atoms with Crippen molar-refractivity contribution in [2.45, 2.75) is 5.92 Å². The van der Waals surface area contributed by atoms with Crippen LogP contribution in [-0.2, 0) is 0 Å². The van der Waals surface area contributed by atoms with Gasteiger partial charge in [-0.25, -0.2) is 0 Å². The minimum absolute atomic E-state index is 0.357. The molecule has 0 spiro atoms. The Kier molecular flexibility index (Phi) is 2.07. The van der Waals surface area contributed by atoms with Crippen LogP contribution in [0.5, 0.6) is 5.75 Å². The van der Waals surface area contributed by atoms with E-state index in [9.17, 15) is 0 Å². The smallest absolute Gasteiger partial charge is 0.124 e. The fourth-order valence-corrected chi connectivity index (χ4v) is 2.17. The lowest BCUT2D eigenvalue weighted by Gasteiger charge is -2.05. The Morgan fingerprint density at radius 2 is 2.42 bits per heavy atom. The third kappa shape index (κ3) is 1.13. The molecule has 0 amide bonds. The highest BCUT2D eigenvalue weighted by molar-refractivity contribution is 9.10. The first-order chi connectivity index (χ1) is 5.83. The van der Waals surface area contributed by atoms with E-state index >= 15 is 0 Å². The summed E-state index contributed by atoms with van der Waals surface area (Å²) < 4.78 is 6.58. The van der Waals surface area contributed by atoms with Crippen LogP contribution in [0.1, 0.15) is 11.5 Å². The summed E-state index contributed by atoms with van der Waals surface area (Å²) in [6, 6.07) is 5.98. The minimum atomic E-state index is 0.357. The Morgan fingerprint density at radius 3 is 3.17 bits per heavy atom. The number of halogens is 1. The molecule has 1 aromatic carbocycles. The van der Waals surface area contributed by atoms with Crippen LogP contribution in [0.15, 0.2) is 22.7 Å². The monoisotopic (exact) mass is 227 g/mol. The lowest BCUT2D eigenvalue weighted by Crippen LogP contribution is -2.13. The second-order valence-electron chi connectivity index (χ2n) is 2.90. The Bertz CT molecular complexity index is 301. The Morgan fingerprint density at radius 1 is 1.58 bits per heavy atom. The van der Waals surface area contributed by atoms with E-state index in [2.05, 4.69) is 15.9 Å². The molecule has 0 radical (unpaired) electrons. The van der Waals surface area contributed by atoms with E-state index < -0.39 is 0 Å². The predicted octanol–water partition coefficient (Wildman–Crippen LogP) is 1.88. The van der Waals surface area contributed by atoms with Crippen LogP contribution in [0.2, 0.25) is 0 Å². The molecule has 0 saturated carbocycles. The molecule has 2 N–H and O–H groups in total. The third-order valence-electron chi connectivity index (χ3n) is 2.15. The zero-order valence-electron chi connectivity index (χ0n) is 6.59. The molecular formula is C9H10BrNO. The van der Waals surface area contributed by atoms with Gasteiger partial charge in [-0.05, 0) is 12.1 Å². The standard InChI is InChI=1S/C9H10BrNO/c10-7-2-1-3-8-9(7)6(4-11)5-12-8/h1-3,6H,4-5,11H2. The van der Waals surface area contributed by atoms with E-state index in [4.69, 9.17) is 10.5 Å². The van der Waals surface area contributed by atoms with Crippen molar-refractivity contribution >= 4 is 15.9 Å². The fourth-order valence-electron chi connectivity index (χ4n) is 1.50. The van der Waals surface area contributed by atoms with Gasteiger partial charge in [0.25, 0.3) is 0 Å². The zero-order valence-corrected chi connectivity index (χ0v) is 8.17. The van der Waals surface area contributed by atoms with Crippen molar-refractivity contribution in [3.05, 3.63) is 28.2 Å². The van der Waals surface area contributed by atoms with Crippen molar-refractivity contribution in [3.8, 4) is 5.75 Å². The van der Waals surface area contributed by atoms with E-state index in [0.717, 1.165) is 10.2 Å². The first-order valence-electron chi connectivity index (χ1n) is 3.94. The quantitative estimate of drug-likeness (QED) is 0.796. The topological polar surface area (TPSA) is 35.2 Å². The molecule has 64 valence electrons. The molecule has 0 bridgehead atoms. The largest absolute Gasteiger partial charge is 0.493 e. The number of rotatable bonds is 1. The van der Waals surface area contributed by atoms with Crippen LogP contribution in [-0.4, -0.2) is 13.2 Å². The van der Waals surface area contributed by atoms with Crippen molar-refractivity contribution < 1.29 is 4.74 Å². The van der Waals surface area contributed by atoms with Crippen LogP contribution in [0.4, 0.5) is 0 Å². The molecule has 0 aromatic heterocycles. The molecule has 1 aliphatic rings. The molecule has 1 aliphatic heterocycles. The molecule has 1 unspecified atom stereocenters. The van der Waals surface area contributed by atoms with Gasteiger partial charge in [0.2, 0.25) is 0 Å². The van der Waals surface area contributed by atoms with Gasteiger partial charge >= 0.3 is 0 Å². The van der Waals surface area contributed by atoms with E-state index in [0.29, 0.717) is 19.1 Å². The highest BCUT2D eigenvalue weighted by Gasteiger charge is 2.24. The first-order valence-corrected chi connectivity index (χ1v) is 4.73. The van der Waals surface area contributed by atoms with Gasteiger partial charge in [0.1, 0.15) is 5.75 Å². The van der Waals surface area contributed by atoms with Gasteiger partial charge in [-0.1, -0.05) is 22.0 Å². The number of fused-ring (bicyclic) bond motifs is 1. The predicted molar refractivity (Wildman–Crippen MR) is 51.4 cm³/mol. The van der Waals surface area contributed by atoms with Gasteiger partial charge in [-0.3, -0.25) is 0 Å². The molecule has 1 atom stereocenters. The summed E-state index contributed by atoms with van der Waals surface area (Å²) in [5, 5.41) is 0. The molecule has 0 saturated heterocycles. The van der Waals surface area contributed by atoms with E-state index in [-0.39, 0.29) is 0 Å². The summed E-state index contributed by atoms with van der Waals surface area (Å²) in [6.45, 7) is 1.37. The molecular weight excluding hydrogens is 218 g/mol. The van der Waals surface area contributed by atoms with Crippen LogP contribution < -0.4 is 10.5 Å². The zero-order chi connectivity index (χ0) is 8.55. The van der Waals surface area contributed by atoms with Gasteiger partial charge in [-0.2, -0.15) is 0 Å². The average Bonchev–Trinajstić information content (AvgIpc) is 2.49. The number of benzene rings is 1. The number of hydrogen-bond acceptors (Lipinski definition) is 2. The summed E-state index contributed by atoms with van der Waals surface area (Å²) in [7, 11) is 0. The maximum atomic E-state index is 5.62. The highest BCUT2D eigenvalue weighted by atomic mass is 79.9. The van der Waals surface area contributed by atoms with Crippen molar-refractivity contribution in [3.63, 3.8) is 0 Å². The lowest BCUT2D eigenvalue weighted by molar-refractivity contribution is 0.333. The van der Waals surface area contributed by atoms with E-state index in [1.54, 1.807) is 0 Å². The van der Waals surface area contributed by atoms with Crippen molar-refractivity contribution in [2.24, 2.45) is 5.73 Å². The molecule has 0 fully saturated rings. The maximum Gasteiger partial charge on any atom is 0.124 e. The van der Waals surface area contributed by atoms with Crippen molar-refractivity contribution in [1.29, 1.82) is 0 Å². The molecule has 1 heterocycles. The van der Waals surface area contributed by atoms with Crippen LogP contribution in [0.25, 0.3) is 0 Å². The van der Waals surface area contributed by atoms with Gasteiger partial charge in [0.15, 0.2) is 0 Å². The molecule has 12 heavy (non-hydrogen) atoms. The second-order valence-corrected chi connectivity index (χ2v) is 3.75. The molecule has 2 rings (SSSR count). The van der Waals surface area contributed by atoms with Gasteiger partial charge in [0.05, 0.1) is 6.61 Å². The molecule has 2 nitrogen and oxygen atoms in total.